The quantitative estimate of drug-likeness (QED) is 0.683. The molecule has 2 nitrogen and oxygen atoms in total. The van der Waals surface area contributed by atoms with Crippen molar-refractivity contribution in [2.75, 3.05) is 5.32 Å². The molecule has 126 valence electrons. The number of para-hydroxylation sites is 1. The van der Waals surface area contributed by atoms with Gasteiger partial charge in [0.05, 0.1) is 0 Å². The maximum atomic E-state index is 13.1. The summed E-state index contributed by atoms with van der Waals surface area (Å²) in [4.78, 5) is 12.5. The number of benzene rings is 2. The third-order valence-corrected chi connectivity index (χ3v) is 3.78. The number of rotatable bonds is 6. The number of anilines is 1. The van der Waals surface area contributed by atoms with E-state index in [4.69, 9.17) is 0 Å². The number of carbonyl (C=O) groups excluding carboxylic acids is 1. The maximum absolute atomic E-state index is 13.1. The predicted octanol–water partition coefficient (Wildman–Crippen LogP) is 6.08. The molecule has 0 radical (unpaired) electrons. The lowest BCUT2D eigenvalue weighted by molar-refractivity contribution is 0.101. The molecular weight excluding hydrogens is 308 g/mol. The second-order valence-electron chi connectivity index (χ2n) is 5.56. The number of hydrogen-bond acceptors (Lipinski definition) is 1. The lowest BCUT2D eigenvalue weighted by Crippen LogP contribution is -2.15. The third kappa shape index (κ3) is 4.28. The van der Waals surface area contributed by atoms with E-state index in [1.165, 1.54) is 18.2 Å². The first-order valence-corrected chi connectivity index (χ1v) is 7.99. The van der Waals surface area contributed by atoms with Gasteiger partial charge < -0.3 is 5.32 Å². The standard InChI is InChI=1S/C20H21F2NO/c1-3-4-9-14(2)15-10-7-8-13-18(15)23-20(24)17-12-6-5-11-16(17)19(21)22/h5-13,19H,3-4H2,1-2H3,(H,23,24). The van der Waals surface area contributed by atoms with Crippen molar-refractivity contribution >= 4 is 17.2 Å². The first kappa shape index (κ1) is 17.9. The second-order valence-corrected chi connectivity index (χ2v) is 5.56. The summed E-state index contributed by atoms with van der Waals surface area (Å²) in [5.41, 5.74) is 2.31. The highest BCUT2D eigenvalue weighted by atomic mass is 19.3. The van der Waals surface area contributed by atoms with Crippen LogP contribution in [0.15, 0.2) is 54.6 Å². The number of allylic oxidation sites excluding steroid dienone is 2. The highest BCUT2D eigenvalue weighted by molar-refractivity contribution is 6.06. The van der Waals surface area contributed by atoms with Crippen LogP contribution in [0.3, 0.4) is 0 Å². The molecule has 2 rings (SSSR count). The summed E-state index contributed by atoms with van der Waals surface area (Å²) in [5, 5.41) is 2.77. The number of hydrogen-bond donors (Lipinski definition) is 1. The van der Waals surface area contributed by atoms with Crippen molar-refractivity contribution in [2.45, 2.75) is 33.1 Å². The van der Waals surface area contributed by atoms with Crippen molar-refractivity contribution in [1.29, 1.82) is 0 Å². The van der Waals surface area contributed by atoms with Crippen molar-refractivity contribution in [3.8, 4) is 0 Å². The van der Waals surface area contributed by atoms with Crippen molar-refractivity contribution < 1.29 is 13.6 Å². The Morgan fingerprint density at radius 2 is 1.71 bits per heavy atom. The van der Waals surface area contributed by atoms with Gasteiger partial charge in [-0.2, -0.15) is 0 Å². The van der Waals surface area contributed by atoms with Crippen LogP contribution in [-0.2, 0) is 0 Å². The fourth-order valence-corrected chi connectivity index (χ4v) is 2.49. The van der Waals surface area contributed by atoms with Gasteiger partial charge in [-0.15, -0.1) is 0 Å². The van der Waals surface area contributed by atoms with E-state index in [9.17, 15) is 13.6 Å². The smallest absolute Gasteiger partial charge is 0.264 e. The molecular formula is C20H21F2NO. The monoisotopic (exact) mass is 329 g/mol. The van der Waals surface area contributed by atoms with Gasteiger partial charge in [-0.3, -0.25) is 4.79 Å². The number of carbonyl (C=O) groups is 1. The third-order valence-electron chi connectivity index (χ3n) is 3.78. The van der Waals surface area contributed by atoms with Gasteiger partial charge in [0.1, 0.15) is 0 Å². The van der Waals surface area contributed by atoms with Crippen LogP contribution >= 0.6 is 0 Å². The average Bonchev–Trinajstić information content (AvgIpc) is 2.60. The first-order chi connectivity index (χ1) is 11.5. The molecule has 4 heteroatoms. The Morgan fingerprint density at radius 3 is 2.38 bits per heavy atom. The Morgan fingerprint density at radius 1 is 1.08 bits per heavy atom. The molecule has 0 spiro atoms. The van der Waals surface area contributed by atoms with Crippen LogP contribution < -0.4 is 5.32 Å². The molecule has 0 aromatic heterocycles. The number of halogens is 2. The minimum atomic E-state index is -2.69. The molecule has 0 saturated carbocycles. The zero-order chi connectivity index (χ0) is 17.5. The molecule has 0 aliphatic rings. The summed E-state index contributed by atoms with van der Waals surface area (Å²) in [5.74, 6) is -0.526. The van der Waals surface area contributed by atoms with Crippen molar-refractivity contribution in [2.24, 2.45) is 0 Å². The van der Waals surface area contributed by atoms with Crippen LogP contribution in [0.5, 0.6) is 0 Å². The zero-order valence-corrected chi connectivity index (χ0v) is 13.9. The van der Waals surface area contributed by atoms with Gasteiger partial charge in [-0.1, -0.05) is 55.8 Å². The van der Waals surface area contributed by atoms with Gasteiger partial charge in [-0.05, 0) is 31.1 Å². The Hall–Kier alpha value is -2.49. The topological polar surface area (TPSA) is 29.1 Å². The van der Waals surface area contributed by atoms with Crippen LogP contribution in [-0.4, -0.2) is 5.91 Å². The van der Waals surface area contributed by atoms with Crippen molar-refractivity contribution in [3.05, 3.63) is 71.3 Å². The van der Waals surface area contributed by atoms with Crippen LogP contribution in [0.25, 0.3) is 5.57 Å². The van der Waals surface area contributed by atoms with Gasteiger partial charge >= 0.3 is 0 Å². The highest BCUT2D eigenvalue weighted by Crippen LogP contribution is 2.27. The van der Waals surface area contributed by atoms with E-state index in [1.807, 2.05) is 25.1 Å². The van der Waals surface area contributed by atoms with E-state index in [2.05, 4.69) is 18.3 Å². The SMILES string of the molecule is CCCC=C(C)c1ccccc1NC(=O)c1ccccc1C(F)F. The summed E-state index contributed by atoms with van der Waals surface area (Å²) in [6, 6.07) is 13.2. The summed E-state index contributed by atoms with van der Waals surface area (Å²) < 4.78 is 26.2. The molecule has 1 N–H and O–H groups in total. The fraction of sp³-hybridized carbons (Fsp3) is 0.250. The Balaban J connectivity index is 2.31. The largest absolute Gasteiger partial charge is 0.321 e. The highest BCUT2D eigenvalue weighted by Gasteiger charge is 2.18. The molecule has 1 amide bonds. The van der Waals surface area contributed by atoms with Crippen molar-refractivity contribution in [1.82, 2.24) is 0 Å². The van der Waals surface area contributed by atoms with Gasteiger partial charge in [0.2, 0.25) is 0 Å². The molecule has 0 heterocycles. The predicted molar refractivity (Wildman–Crippen MR) is 94.4 cm³/mol. The summed E-state index contributed by atoms with van der Waals surface area (Å²) in [7, 11) is 0. The van der Waals surface area contributed by atoms with Gasteiger partial charge in [-0.25, -0.2) is 8.78 Å². The lowest BCUT2D eigenvalue weighted by Gasteiger charge is -2.13. The lowest BCUT2D eigenvalue weighted by atomic mass is 10.0. The van der Waals surface area contributed by atoms with E-state index in [0.29, 0.717) is 5.69 Å². The second kappa shape index (κ2) is 8.39. The Labute approximate surface area is 141 Å². The molecule has 0 bridgehead atoms. The first-order valence-electron chi connectivity index (χ1n) is 7.99. The van der Waals surface area contributed by atoms with E-state index in [-0.39, 0.29) is 11.1 Å². The minimum Gasteiger partial charge on any atom is -0.321 e. The van der Waals surface area contributed by atoms with E-state index >= 15 is 0 Å². The van der Waals surface area contributed by atoms with E-state index < -0.39 is 12.3 Å². The molecule has 24 heavy (non-hydrogen) atoms. The van der Waals surface area contributed by atoms with Crippen LogP contribution in [0.4, 0.5) is 14.5 Å². The number of nitrogens with one attached hydrogen (secondary N) is 1. The molecule has 0 atom stereocenters. The summed E-state index contributed by atoms with van der Waals surface area (Å²) in [6.07, 6.45) is 1.40. The number of alkyl halides is 2. The van der Waals surface area contributed by atoms with Crippen LogP contribution in [0.1, 0.15) is 54.6 Å². The summed E-state index contributed by atoms with van der Waals surface area (Å²) in [6.45, 7) is 4.08. The fourth-order valence-electron chi connectivity index (χ4n) is 2.49. The van der Waals surface area contributed by atoms with Gasteiger partial charge in [0.25, 0.3) is 12.3 Å². The van der Waals surface area contributed by atoms with Crippen LogP contribution in [0.2, 0.25) is 0 Å². The van der Waals surface area contributed by atoms with Gasteiger partial charge in [0.15, 0.2) is 0 Å². The van der Waals surface area contributed by atoms with E-state index in [1.54, 1.807) is 12.1 Å². The van der Waals surface area contributed by atoms with E-state index in [0.717, 1.165) is 24.0 Å². The Bertz CT molecular complexity index is 738. The molecule has 2 aromatic carbocycles. The zero-order valence-electron chi connectivity index (χ0n) is 13.9. The molecule has 2 aromatic rings. The number of unbranched alkanes of at least 4 members (excludes halogenated alkanes) is 1. The molecule has 0 aliphatic heterocycles. The normalized spacial score (nSPS) is 11.6. The Kier molecular flexibility index (Phi) is 6.24. The number of amides is 1. The minimum absolute atomic E-state index is 0.00232. The summed E-state index contributed by atoms with van der Waals surface area (Å²) >= 11 is 0. The van der Waals surface area contributed by atoms with Crippen molar-refractivity contribution in [3.63, 3.8) is 0 Å². The van der Waals surface area contributed by atoms with Gasteiger partial charge in [0, 0.05) is 22.4 Å². The molecule has 0 aliphatic carbocycles. The maximum Gasteiger partial charge on any atom is 0.264 e. The molecule has 0 unspecified atom stereocenters. The molecule has 0 saturated heterocycles. The van der Waals surface area contributed by atoms with Crippen LogP contribution in [0, 0.1) is 0 Å². The average molecular weight is 329 g/mol. The molecule has 0 fully saturated rings.